The minimum Gasteiger partial charge on any atom is -0.377 e. The van der Waals surface area contributed by atoms with E-state index in [9.17, 15) is 9.59 Å². The molecule has 0 radical (unpaired) electrons. The molecule has 1 heterocycles. The molecular formula is C29H45N3O4. The van der Waals surface area contributed by atoms with Gasteiger partial charge in [-0.05, 0) is 93.1 Å². The second-order valence-corrected chi connectivity index (χ2v) is 12.5. The van der Waals surface area contributed by atoms with Gasteiger partial charge >= 0.3 is 6.09 Å². The molecule has 0 unspecified atom stereocenters. The van der Waals surface area contributed by atoms with Gasteiger partial charge in [-0.1, -0.05) is 31.5 Å². The van der Waals surface area contributed by atoms with Gasteiger partial charge in [0.2, 0.25) is 0 Å². The summed E-state index contributed by atoms with van der Waals surface area (Å²) in [5.41, 5.74) is 2.80. The van der Waals surface area contributed by atoms with Gasteiger partial charge in [0, 0.05) is 25.4 Å². The molecule has 5 aliphatic rings. The van der Waals surface area contributed by atoms with Crippen LogP contribution in [0.4, 0.5) is 4.79 Å². The normalized spacial score (nSPS) is 38.4. The molecule has 0 bridgehead atoms. The number of ether oxygens (including phenoxy) is 1. The van der Waals surface area contributed by atoms with E-state index in [1.54, 1.807) is 4.90 Å². The lowest BCUT2D eigenvalue weighted by Gasteiger charge is -2.58. The van der Waals surface area contributed by atoms with Crippen molar-refractivity contribution >= 4 is 17.6 Å². The van der Waals surface area contributed by atoms with Gasteiger partial charge in [0.1, 0.15) is 0 Å². The zero-order valence-electron chi connectivity index (χ0n) is 22.7. The second kappa shape index (κ2) is 10.2. The van der Waals surface area contributed by atoms with Crippen molar-refractivity contribution in [3.05, 3.63) is 11.6 Å². The summed E-state index contributed by atoms with van der Waals surface area (Å²) in [5, 5.41) is 7.72. The minimum atomic E-state index is -0.365. The Morgan fingerprint density at radius 1 is 1.17 bits per heavy atom. The molecule has 3 saturated carbocycles. The van der Waals surface area contributed by atoms with Crippen LogP contribution in [0, 0.1) is 34.5 Å². The number of hydrogen-bond donors (Lipinski definition) is 1. The second-order valence-electron chi connectivity index (χ2n) is 12.5. The number of amides is 1. The average molecular weight is 500 g/mol. The van der Waals surface area contributed by atoms with Crippen molar-refractivity contribution in [2.45, 2.75) is 85.1 Å². The zero-order valence-corrected chi connectivity index (χ0v) is 22.7. The van der Waals surface area contributed by atoms with Crippen molar-refractivity contribution in [1.82, 2.24) is 10.2 Å². The van der Waals surface area contributed by atoms with Crippen LogP contribution in [0.2, 0.25) is 0 Å². The molecule has 1 N–H and O–H groups in total. The molecule has 36 heavy (non-hydrogen) atoms. The number of nitrogens with one attached hydrogen (secondary N) is 1. The highest BCUT2D eigenvalue weighted by atomic mass is 16.7. The lowest BCUT2D eigenvalue weighted by atomic mass is 9.46. The Kier molecular flexibility index (Phi) is 7.34. The van der Waals surface area contributed by atoms with E-state index in [4.69, 9.17) is 9.57 Å². The van der Waals surface area contributed by atoms with Crippen LogP contribution in [0.15, 0.2) is 16.8 Å². The minimum absolute atomic E-state index is 0.0806. The van der Waals surface area contributed by atoms with Crippen LogP contribution in [0.5, 0.6) is 0 Å². The van der Waals surface area contributed by atoms with Crippen LogP contribution < -0.4 is 5.32 Å². The van der Waals surface area contributed by atoms with Crippen molar-refractivity contribution in [2.24, 2.45) is 39.7 Å². The number of rotatable bonds is 7. The Hall–Kier alpha value is -1.73. The van der Waals surface area contributed by atoms with Gasteiger partial charge in [-0.2, -0.15) is 0 Å². The molecule has 1 aliphatic heterocycles. The van der Waals surface area contributed by atoms with Crippen molar-refractivity contribution in [2.75, 3.05) is 32.8 Å². The van der Waals surface area contributed by atoms with E-state index >= 15 is 0 Å². The van der Waals surface area contributed by atoms with E-state index in [1.165, 1.54) is 31.3 Å². The summed E-state index contributed by atoms with van der Waals surface area (Å²) < 4.78 is 5.31. The van der Waals surface area contributed by atoms with Crippen LogP contribution in [-0.2, 0) is 14.4 Å². The molecule has 0 aromatic heterocycles. The summed E-state index contributed by atoms with van der Waals surface area (Å²) in [6.45, 7) is 12.4. The van der Waals surface area contributed by atoms with Crippen LogP contribution >= 0.6 is 0 Å². The molecule has 7 heteroatoms. The number of carbonyl (C=O) groups excluding carboxylic acids is 2. The van der Waals surface area contributed by atoms with Crippen molar-refractivity contribution in [3.63, 3.8) is 0 Å². The fourth-order valence-corrected chi connectivity index (χ4v) is 8.68. The molecule has 4 aliphatic carbocycles. The first-order valence-electron chi connectivity index (χ1n) is 14.3. The molecular weight excluding hydrogens is 454 g/mol. The van der Waals surface area contributed by atoms with Gasteiger partial charge in [-0.3, -0.25) is 14.5 Å². The molecule has 0 aromatic rings. The maximum atomic E-state index is 12.9. The van der Waals surface area contributed by atoms with Crippen LogP contribution in [0.25, 0.3) is 0 Å². The number of oxime groups is 1. The van der Waals surface area contributed by atoms with Gasteiger partial charge in [-0.25, -0.2) is 4.79 Å². The number of hydrogen-bond acceptors (Lipinski definition) is 6. The lowest BCUT2D eigenvalue weighted by Crippen LogP contribution is -2.53. The van der Waals surface area contributed by atoms with E-state index in [0.29, 0.717) is 49.7 Å². The van der Waals surface area contributed by atoms with Crippen LogP contribution in [0.3, 0.4) is 0 Å². The van der Waals surface area contributed by atoms with Gasteiger partial charge < -0.3 is 10.1 Å². The number of likely N-dealkylation sites (N-methyl/N-ethyl adjacent to an activating group) is 1. The number of fused-ring (bicyclic) bond motifs is 5. The molecule has 0 spiro atoms. The number of allylic oxidation sites excluding steroid dienone is 1. The first-order chi connectivity index (χ1) is 17.3. The highest BCUT2D eigenvalue weighted by Gasteiger charge is 2.59. The summed E-state index contributed by atoms with van der Waals surface area (Å²) in [4.78, 5) is 32.3. The SMILES string of the molecule is CCNCCN(C(=O)O/N=C(\C)[C@H]1CC[C@H]2[C@@H]3CCC4=CC(=O)CC[C@]4(C)[C@H]3CC[C@]12C)C1COC1. The van der Waals surface area contributed by atoms with E-state index in [-0.39, 0.29) is 23.0 Å². The molecule has 4 fully saturated rings. The van der Waals surface area contributed by atoms with E-state index < -0.39 is 0 Å². The highest BCUT2D eigenvalue weighted by Crippen LogP contribution is 2.66. The predicted molar refractivity (Wildman–Crippen MR) is 140 cm³/mol. The largest absolute Gasteiger partial charge is 0.436 e. The zero-order chi connectivity index (χ0) is 25.5. The number of ketones is 1. The van der Waals surface area contributed by atoms with Crippen molar-refractivity contribution in [3.8, 4) is 0 Å². The van der Waals surface area contributed by atoms with Crippen LogP contribution in [-0.4, -0.2) is 61.4 Å². The number of carbonyl (C=O) groups is 2. The van der Waals surface area contributed by atoms with Crippen molar-refractivity contribution < 1.29 is 19.2 Å². The van der Waals surface area contributed by atoms with Gasteiger partial charge in [0.25, 0.3) is 0 Å². The summed E-state index contributed by atoms with van der Waals surface area (Å²) in [6, 6.07) is 0.0806. The monoisotopic (exact) mass is 499 g/mol. The summed E-state index contributed by atoms with van der Waals surface area (Å²) in [6.07, 6.45) is 10.4. The average Bonchev–Trinajstić information content (AvgIpc) is 3.18. The standard InChI is InChI=1S/C29H45N3O4/c1-5-30-14-15-32(21-17-35-18-21)27(34)36-31-19(2)24-8-9-25-23-7-6-20-16-22(33)10-12-28(20,3)26(23)11-13-29(24,25)4/h16,21,23-26,30H,5-15,17-18H2,1-4H3/b31-19+/t23-,24+,25-,26-,28-,29+/m0/s1. The molecule has 1 amide bonds. The van der Waals surface area contributed by atoms with Gasteiger partial charge in [-0.15, -0.1) is 0 Å². The first kappa shape index (κ1) is 25.9. The number of nitrogens with zero attached hydrogens (tertiary/aromatic N) is 2. The lowest BCUT2D eigenvalue weighted by molar-refractivity contribution is -0.117. The maximum absolute atomic E-state index is 12.9. The van der Waals surface area contributed by atoms with Crippen LogP contribution in [0.1, 0.15) is 79.1 Å². The Balaban J connectivity index is 1.26. The third-order valence-corrected chi connectivity index (χ3v) is 10.8. The Morgan fingerprint density at radius 2 is 1.97 bits per heavy atom. The maximum Gasteiger partial charge on any atom is 0.436 e. The Bertz CT molecular complexity index is 927. The van der Waals surface area contributed by atoms with Gasteiger partial charge in [0.15, 0.2) is 5.78 Å². The van der Waals surface area contributed by atoms with E-state index in [0.717, 1.165) is 44.0 Å². The third kappa shape index (κ3) is 4.44. The predicted octanol–water partition coefficient (Wildman–Crippen LogP) is 4.96. The van der Waals surface area contributed by atoms with Gasteiger partial charge in [0.05, 0.1) is 25.0 Å². The van der Waals surface area contributed by atoms with E-state index in [2.05, 4.69) is 38.2 Å². The third-order valence-electron chi connectivity index (χ3n) is 10.8. The summed E-state index contributed by atoms with van der Waals surface area (Å²) in [7, 11) is 0. The Morgan fingerprint density at radius 3 is 2.69 bits per heavy atom. The molecule has 1 saturated heterocycles. The Labute approximate surface area is 216 Å². The molecule has 7 nitrogen and oxygen atoms in total. The molecule has 200 valence electrons. The molecule has 0 aromatic carbocycles. The fourth-order valence-electron chi connectivity index (χ4n) is 8.68. The highest BCUT2D eigenvalue weighted by molar-refractivity contribution is 5.91. The topological polar surface area (TPSA) is 80.2 Å². The molecule has 6 atom stereocenters. The quantitative estimate of drug-likeness (QED) is 0.232. The summed E-state index contributed by atoms with van der Waals surface area (Å²) in [5.74, 6) is 2.78. The summed E-state index contributed by atoms with van der Waals surface area (Å²) >= 11 is 0. The van der Waals surface area contributed by atoms with E-state index in [1.807, 2.05) is 6.08 Å². The smallest absolute Gasteiger partial charge is 0.377 e. The first-order valence-corrected chi connectivity index (χ1v) is 14.3. The van der Waals surface area contributed by atoms with Crippen molar-refractivity contribution in [1.29, 1.82) is 0 Å². The molecule has 5 rings (SSSR count). The fraction of sp³-hybridized carbons (Fsp3) is 0.828.